The second-order valence-electron chi connectivity index (χ2n) is 6.20. The van der Waals surface area contributed by atoms with E-state index in [1.807, 2.05) is 0 Å². The van der Waals surface area contributed by atoms with E-state index in [0.29, 0.717) is 11.5 Å². The van der Waals surface area contributed by atoms with Gasteiger partial charge in [0.2, 0.25) is 0 Å². The lowest BCUT2D eigenvalue weighted by Crippen LogP contribution is -2.37. The largest absolute Gasteiger partial charge is 0.496 e. The van der Waals surface area contributed by atoms with Crippen LogP contribution in [0.5, 0.6) is 5.75 Å². The molecule has 2 nitrogen and oxygen atoms in total. The van der Waals surface area contributed by atoms with Crippen LogP contribution in [0.15, 0.2) is 22.7 Å². The Morgan fingerprint density at radius 3 is 2.57 bits per heavy atom. The Morgan fingerprint density at radius 1 is 1.29 bits per heavy atom. The van der Waals surface area contributed by atoms with E-state index in [2.05, 4.69) is 53.3 Å². The second-order valence-corrected chi connectivity index (χ2v) is 7.11. The third-order valence-corrected chi connectivity index (χ3v) is 5.51. The first-order chi connectivity index (χ1) is 10.2. The van der Waals surface area contributed by atoms with Crippen molar-refractivity contribution < 1.29 is 4.74 Å². The Bertz CT molecular complexity index is 455. The minimum absolute atomic E-state index is 0.378. The van der Waals surface area contributed by atoms with E-state index in [-0.39, 0.29) is 0 Å². The van der Waals surface area contributed by atoms with Crippen LogP contribution in [0.25, 0.3) is 0 Å². The van der Waals surface area contributed by atoms with Gasteiger partial charge in [-0.3, -0.25) is 0 Å². The summed E-state index contributed by atoms with van der Waals surface area (Å²) in [6.07, 6.45) is 7.74. The Kier molecular flexibility index (Phi) is 6.12. The highest BCUT2D eigenvalue weighted by Crippen LogP contribution is 2.51. The molecule has 0 saturated heterocycles. The van der Waals surface area contributed by atoms with Crippen LogP contribution < -0.4 is 10.1 Å². The maximum atomic E-state index is 5.65. The number of halogens is 1. The highest BCUT2D eigenvalue weighted by molar-refractivity contribution is 9.10. The van der Waals surface area contributed by atoms with Crippen LogP contribution in [0.2, 0.25) is 0 Å². The molecule has 0 aromatic heterocycles. The first-order valence-corrected chi connectivity index (χ1v) is 9.03. The smallest absolute Gasteiger partial charge is 0.123 e. The van der Waals surface area contributed by atoms with Gasteiger partial charge >= 0.3 is 0 Å². The normalized spacial score (nSPS) is 18.7. The molecule has 2 rings (SSSR count). The van der Waals surface area contributed by atoms with Crippen LogP contribution in [0, 0.1) is 5.41 Å². The fourth-order valence-corrected chi connectivity index (χ4v) is 4.18. The molecule has 3 heteroatoms. The van der Waals surface area contributed by atoms with Crippen molar-refractivity contribution in [3.8, 4) is 5.75 Å². The van der Waals surface area contributed by atoms with Crippen molar-refractivity contribution in [2.75, 3.05) is 13.7 Å². The lowest BCUT2D eigenvalue weighted by atomic mass is 9.73. The molecule has 0 bridgehead atoms. The third-order valence-electron chi connectivity index (χ3n) is 5.02. The molecule has 0 spiro atoms. The molecular weight excluding hydrogens is 326 g/mol. The number of rotatable bonds is 7. The Hall–Kier alpha value is -0.540. The van der Waals surface area contributed by atoms with E-state index in [4.69, 9.17) is 4.74 Å². The summed E-state index contributed by atoms with van der Waals surface area (Å²) in [6, 6.07) is 6.77. The lowest BCUT2D eigenvalue weighted by Gasteiger charge is -2.38. The van der Waals surface area contributed by atoms with Crippen LogP contribution >= 0.6 is 15.9 Å². The molecule has 0 heterocycles. The summed E-state index contributed by atoms with van der Waals surface area (Å²) >= 11 is 3.63. The number of benzene rings is 1. The van der Waals surface area contributed by atoms with Gasteiger partial charge in [-0.25, -0.2) is 0 Å². The van der Waals surface area contributed by atoms with Crippen LogP contribution in [-0.2, 0) is 0 Å². The monoisotopic (exact) mass is 353 g/mol. The van der Waals surface area contributed by atoms with Gasteiger partial charge in [-0.15, -0.1) is 0 Å². The number of methoxy groups -OCH3 is 1. The van der Waals surface area contributed by atoms with Gasteiger partial charge in [0.05, 0.1) is 7.11 Å². The average Bonchev–Trinajstić information content (AvgIpc) is 2.98. The molecule has 1 aromatic rings. The summed E-state index contributed by atoms with van der Waals surface area (Å²) in [5.41, 5.74) is 1.69. The van der Waals surface area contributed by atoms with Crippen molar-refractivity contribution in [2.24, 2.45) is 5.41 Å². The van der Waals surface area contributed by atoms with Crippen LogP contribution in [0.3, 0.4) is 0 Å². The summed E-state index contributed by atoms with van der Waals surface area (Å²) < 4.78 is 6.78. The zero-order chi connectivity index (χ0) is 15.3. The standard InChI is InChI=1S/C18H28BrNO/c1-4-12-20-17(18(5-2)10-6-7-11-18)15-13-14(19)8-9-16(15)21-3/h8-9,13,17,20H,4-7,10-12H2,1-3H3. The first-order valence-electron chi connectivity index (χ1n) is 8.23. The van der Waals surface area contributed by atoms with Crippen molar-refractivity contribution in [1.82, 2.24) is 5.32 Å². The third kappa shape index (κ3) is 3.62. The molecule has 1 aliphatic carbocycles. The Morgan fingerprint density at radius 2 is 2.00 bits per heavy atom. The molecule has 21 heavy (non-hydrogen) atoms. The highest BCUT2D eigenvalue weighted by atomic mass is 79.9. The van der Waals surface area contributed by atoms with E-state index in [1.54, 1.807) is 7.11 Å². The van der Waals surface area contributed by atoms with Gasteiger partial charge in [0.15, 0.2) is 0 Å². The molecule has 1 N–H and O–H groups in total. The molecule has 1 unspecified atom stereocenters. The topological polar surface area (TPSA) is 21.3 Å². The van der Waals surface area contributed by atoms with Crippen molar-refractivity contribution in [1.29, 1.82) is 0 Å². The molecule has 0 aliphatic heterocycles. The van der Waals surface area contributed by atoms with Crippen molar-refractivity contribution >= 4 is 15.9 Å². The SMILES string of the molecule is CCCNC(c1cc(Br)ccc1OC)C1(CC)CCCC1. The average molecular weight is 354 g/mol. The van der Waals surface area contributed by atoms with Crippen molar-refractivity contribution in [3.05, 3.63) is 28.2 Å². The molecule has 1 aliphatic rings. The van der Waals surface area contributed by atoms with Crippen molar-refractivity contribution in [3.63, 3.8) is 0 Å². The summed E-state index contributed by atoms with van der Waals surface area (Å²) in [6.45, 7) is 5.63. The van der Waals surface area contributed by atoms with Crippen LogP contribution in [0.1, 0.15) is 64.0 Å². The molecule has 1 atom stereocenters. The van der Waals surface area contributed by atoms with Gasteiger partial charge in [-0.1, -0.05) is 42.6 Å². The number of ether oxygens (including phenoxy) is 1. The molecule has 1 saturated carbocycles. The number of nitrogens with one attached hydrogen (secondary N) is 1. The maximum absolute atomic E-state index is 5.65. The number of hydrogen-bond acceptors (Lipinski definition) is 2. The maximum Gasteiger partial charge on any atom is 0.123 e. The molecule has 1 aromatic carbocycles. The van der Waals surface area contributed by atoms with Gasteiger partial charge in [-0.2, -0.15) is 0 Å². The Labute approximate surface area is 137 Å². The Balaban J connectivity index is 2.42. The summed E-state index contributed by atoms with van der Waals surface area (Å²) in [5.74, 6) is 1.01. The molecular formula is C18H28BrNO. The van der Waals surface area contributed by atoms with E-state index >= 15 is 0 Å². The van der Waals surface area contributed by atoms with Crippen LogP contribution in [-0.4, -0.2) is 13.7 Å². The van der Waals surface area contributed by atoms with Crippen LogP contribution in [0.4, 0.5) is 0 Å². The molecule has 0 amide bonds. The van der Waals surface area contributed by atoms with E-state index in [0.717, 1.165) is 23.2 Å². The zero-order valence-electron chi connectivity index (χ0n) is 13.5. The fourth-order valence-electron chi connectivity index (χ4n) is 3.80. The number of hydrogen-bond donors (Lipinski definition) is 1. The van der Waals surface area contributed by atoms with Gasteiger partial charge in [0.1, 0.15) is 5.75 Å². The van der Waals surface area contributed by atoms with E-state index < -0.39 is 0 Å². The van der Waals surface area contributed by atoms with Gasteiger partial charge in [0.25, 0.3) is 0 Å². The second kappa shape index (κ2) is 7.64. The molecule has 1 fully saturated rings. The van der Waals surface area contributed by atoms with Gasteiger partial charge in [0, 0.05) is 16.1 Å². The van der Waals surface area contributed by atoms with E-state index in [9.17, 15) is 0 Å². The first kappa shape index (κ1) is 16.8. The summed E-state index contributed by atoms with van der Waals surface area (Å²) in [7, 11) is 1.77. The zero-order valence-corrected chi connectivity index (χ0v) is 15.1. The molecule has 118 valence electrons. The molecule has 0 radical (unpaired) electrons. The predicted octanol–water partition coefficient (Wildman–Crippen LogP) is 5.47. The minimum Gasteiger partial charge on any atom is -0.496 e. The van der Waals surface area contributed by atoms with Gasteiger partial charge in [-0.05, 0) is 55.8 Å². The highest BCUT2D eigenvalue weighted by Gasteiger charge is 2.41. The lowest BCUT2D eigenvalue weighted by molar-refractivity contribution is 0.183. The van der Waals surface area contributed by atoms with E-state index in [1.165, 1.54) is 37.7 Å². The van der Waals surface area contributed by atoms with Gasteiger partial charge < -0.3 is 10.1 Å². The quantitative estimate of drug-likeness (QED) is 0.701. The summed E-state index contributed by atoms with van der Waals surface area (Å²) in [5, 5.41) is 3.82. The predicted molar refractivity (Wildman–Crippen MR) is 92.9 cm³/mol. The summed E-state index contributed by atoms with van der Waals surface area (Å²) in [4.78, 5) is 0. The minimum atomic E-state index is 0.378. The fraction of sp³-hybridized carbons (Fsp3) is 0.667. The van der Waals surface area contributed by atoms with Crippen molar-refractivity contribution in [2.45, 2.75) is 58.4 Å².